The predicted octanol–water partition coefficient (Wildman–Crippen LogP) is 0.390. The number of hydrazone groups is 1. The van der Waals surface area contributed by atoms with Gasteiger partial charge in [0.15, 0.2) is 12.1 Å². The van der Waals surface area contributed by atoms with Crippen LogP contribution in [0.25, 0.3) is 0 Å². The molecule has 2 aromatic rings. The summed E-state index contributed by atoms with van der Waals surface area (Å²) in [6.45, 7) is 0.910. The molecule has 288 valence electrons. The lowest BCUT2D eigenvalue weighted by molar-refractivity contribution is -0.245. The molecule has 8 N–H and O–H groups in total. The van der Waals surface area contributed by atoms with E-state index in [9.17, 15) is 49.5 Å². The van der Waals surface area contributed by atoms with Crippen molar-refractivity contribution in [1.29, 1.82) is 0 Å². The average Bonchev–Trinajstić information content (AvgIpc) is 3.46. The summed E-state index contributed by atoms with van der Waals surface area (Å²) >= 11 is 0. The Morgan fingerprint density at radius 3 is 2.43 bits per heavy atom. The molecular weight excluding hydrogens is 708 g/mol. The standard InChI is InChI=1S/C37H42N4O13/c1-17-32(46)20(38)13-27(53-17)54-22-15-37(51,23(16-42)39-40-24(43)9-4-3-5-12-41-25(44)10-11-26(41)45)14-19-29(22)36(50)31-30(34(19)48)33(47)18-7-6-8-21(52-2)28(18)35(31)49/h6-8,10-11,17,20,22,27,32,42,46,48,50-51H,3-5,9,12-16,38H2,1-2H3,(H,40,43)/b39-23+/t17-,20-,22-,27-,32+,37-/m0/s1. The normalized spacial score (nSPS) is 26.4. The number of phenolic OH excluding ortho intramolecular Hbond substituents is 2. The van der Waals surface area contributed by atoms with Gasteiger partial charge < -0.3 is 45.5 Å². The molecule has 0 saturated carbocycles. The van der Waals surface area contributed by atoms with Crippen molar-refractivity contribution in [3.63, 3.8) is 0 Å². The Hall–Kier alpha value is -5.04. The number of nitrogens with zero attached hydrogens (tertiary/aromatic N) is 2. The summed E-state index contributed by atoms with van der Waals surface area (Å²) in [4.78, 5) is 65.1. The molecule has 1 fully saturated rings. The fraction of sp³-hybridized carbons (Fsp3) is 0.459. The van der Waals surface area contributed by atoms with Crippen molar-refractivity contribution in [2.24, 2.45) is 10.8 Å². The maximum Gasteiger partial charge on any atom is 0.253 e. The lowest BCUT2D eigenvalue weighted by atomic mass is 9.71. The number of hydrogen-bond acceptors (Lipinski definition) is 15. The number of aliphatic hydroxyl groups excluding tert-OH is 2. The summed E-state index contributed by atoms with van der Waals surface area (Å²) in [6.07, 6.45) is -1.56. The van der Waals surface area contributed by atoms with Crippen LogP contribution in [0.3, 0.4) is 0 Å². The van der Waals surface area contributed by atoms with Crippen molar-refractivity contribution in [2.45, 2.75) is 88.1 Å². The van der Waals surface area contributed by atoms with Crippen molar-refractivity contribution < 1.29 is 63.7 Å². The van der Waals surface area contributed by atoms with E-state index < -0.39 is 108 Å². The molecule has 4 aliphatic rings. The van der Waals surface area contributed by atoms with Gasteiger partial charge in [-0.3, -0.25) is 28.9 Å². The number of nitrogens with two attached hydrogens (primary N) is 1. The fourth-order valence-corrected chi connectivity index (χ4v) is 7.47. The van der Waals surface area contributed by atoms with Gasteiger partial charge in [0.1, 0.15) is 22.8 Å². The van der Waals surface area contributed by atoms with Gasteiger partial charge >= 0.3 is 0 Å². The zero-order valence-corrected chi connectivity index (χ0v) is 29.6. The Kier molecular flexibility index (Phi) is 11.0. The van der Waals surface area contributed by atoms with Gasteiger partial charge in [0, 0.05) is 67.1 Å². The van der Waals surface area contributed by atoms with Crippen LogP contribution >= 0.6 is 0 Å². The summed E-state index contributed by atoms with van der Waals surface area (Å²) in [6, 6.07) is 3.57. The monoisotopic (exact) mass is 750 g/mol. The molecule has 0 unspecified atom stereocenters. The van der Waals surface area contributed by atoms with Gasteiger partial charge in [0.25, 0.3) is 11.8 Å². The molecule has 54 heavy (non-hydrogen) atoms. The lowest BCUT2D eigenvalue weighted by Crippen LogP contribution is -2.53. The van der Waals surface area contributed by atoms with Crippen molar-refractivity contribution in [1.82, 2.24) is 10.3 Å². The number of unbranched alkanes of at least 4 members (excludes halogenated alkanes) is 2. The van der Waals surface area contributed by atoms with E-state index >= 15 is 0 Å². The number of nitrogens with one attached hydrogen (secondary N) is 1. The number of benzene rings is 2. The minimum absolute atomic E-state index is 0.0120. The molecule has 1 saturated heterocycles. The predicted molar refractivity (Wildman–Crippen MR) is 187 cm³/mol. The number of aromatic hydroxyl groups is 2. The van der Waals surface area contributed by atoms with Gasteiger partial charge in [-0.1, -0.05) is 18.6 Å². The molecule has 17 heteroatoms. The highest BCUT2D eigenvalue weighted by molar-refractivity contribution is 6.31. The second-order valence-corrected chi connectivity index (χ2v) is 13.8. The van der Waals surface area contributed by atoms with E-state index in [2.05, 4.69) is 10.5 Å². The molecule has 6 rings (SSSR count). The number of imide groups is 1. The van der Waals surface area contributed by atoms with Crippen LogP contribution in [0.5, 0.6) is 17.2 Å². The summed E-state index contributed by atoms with van der Waals surface area (Å²) in [5, 5.41) is 60.5. The number of methoxy groups -OCH3 is 1. The number of fused-ring (bicyclic) bond motifs is 3. The van der Waals surface area contributed by atoms with Gasteiger partial charge in [0.05, 0.1) is 54.4 Å². The first-order valence-corrected chi connectivity index (χ1v) is 17.5. The van der Waals surface area contributed by atoms with E-state index in [0.717, 1.165) is 4.90 Å². The number of ketones is 2. The number of phenols is 2. The van der Waals surface area contributed by atoms with Crippen molar-refractivity contribution in [3.05, 3.63) is 63.7 Å². The van der Waals surface area contributed by atoms with E-state index in [1.165, 1.54) is 37.5 Å². The first kappa shape index (κ1) is 38.7. The molecule has 2 aliphatic carbocycles. The van der Waals surface area contributed by atoms with E-state index in [1.54, 1.807) is 6.92 Å². The summed E-state index contributed by atoms with van der Waals surface area (Å²) in [7, 11) is 1.32. The fourth-order valence-electron chi connectivity index (χ4n) is 7.47. The highest BCUT2D eigenvalue weighted by atomic mass is 16.7. The molecule has 2 aromatic carbocycles. The molecule has 3 amide bonds. The number of carbonyl (C=O) groups is 5. The summed E-state index contributed by atoms with van der Waals surface area (Å²) in [5.41, 5.74) is 4.46. The SMILES string of the molecule is COc1cccc2c1C(=O)c1c(O)c3c(c(O)c1C2=O)C[C@@](O)(/C(CO)=N/NC(=O)CCCCCN1C(=O)C=CC1=O)C[C@@H]3O[C@H]1C[C@H](N)[C@H](O)[C@H](C)O1. The van der Waals surface area contributed by atoms with Crippen LogP contribution in [0.4, 0.5) is 0 Å². The molecule has 0 radical (unpaired) electrons. The van der Waals surface area contributed by atoms with Crippen LogP contribution in [-0.2, 0) is 30.3 Å². The van der Waals surface area contributed by atoms with Gasteiger partial charge in [-0.15, -0.1) is 0 Å². The van der Waals surface area contributed by atoms with Crippen LogP contribution in [0.15, 0.2) is 35.5 Å². The largest absolute Gasteiger partial charge is 0.507 e. The second kappa shape index (κ2) is 15.4. The van der Waals surface area contributed by atoms with Crippen molar-refractivity contribution in [2.75, 3.05) is 20.3 Å². The third kappa shape index (κ3) is 7.01. The maximum atomic E-state index is 14.0. The van der Waals surface area contributed by atoms with Crippen LogP contribution in [-0.4, -0.2) is 116 Å². The number of ether oxygens (including phenoxy) is 3. The number of hydrogen-bond donors (Lipinski definition) is 7. The number of amides is 3. The maximum absolute atomic E-state index is 14.0. The average molecular weight is 751 g/mol. The molecular formula is C37H42N4O13. The highest BCUT2D eigenvalue weighted by Gasteiger charge is 2.49. The van der Waals surface area contributed by atoms with E-state index in [1.807, 2.05) is 0 Å². The first-order valence-electron chi connectivity index (χ1n) is 17.5. The van der Waals surface area contributed by atoms with Crippen molar-refractivity contribution in [3.8, 4) is 17.2 Å². The Morgan fingerprint density at radius 1 is 1.06 bits per heavy atom. The molecule has 0 spiro atoms. The zero-order chi connectivity index (χ0) is 39.1. The van der Waals surface area contributed by atoms with Crippen LogP contribution in [0, 0.1) is 0 Å². The number of carbonyl (C=O) groups excluding carboxylic acids is 5. The molecule has 2 heterocycles. The van der Waals surface area contributed by atoms with Gasteiger partial charge in [-0.25, -0.2) is 5.43 Å². The topological polar surface area (TPSA) is 268 Å². The molecule has 0 aromatic heterocycles. The Morgan fingerprint density at radius 2 is 1.76 bits per heavy atom. The molecule has 6 atom stereocenters. The molecule has 2 aliphatic heterocycles. The summed E-state index contributed by atoms with van der Waals surface area (Å²) < 4.78 is 17.4. The summed E-state index contributed by atoms with van der Waals surface area (Å²) in [5.74, 6) is -4.25. The van der Waals surface area contributed by atoms with Crippen LogP contribution in [0.2, 0.25) is 0 Å². The minimum Gasteiger partial charge on any atom is -0.507 e. The Balaban J connectivity index is 1.29. The Labute approximate surface area is 309 Å². The lowest BCUT2D eigenvalue weighted by Gasteiger charge is -2.43. The number of aliphatic hydroxyl groups is 3. The molecule has 17 nitrogen and oxygen atoms in total. The quantitative estimate of drug-likeness (QED) is 0.0434. The third-order valence-electron chi connectivity index (χ3n) is 10.3. The van der Waals surface area contributed by atoms with E-state index in [4.69, 9.17) is 19.9 Å². The van der Waals surface area contributed by atoms with Gasteiger partial charge in [0.2, 0.25) is 11.7 Å². The zero-order valence-electron chi connectivity index (χ0n) is 29.6. The third-order valence-corrected chi connectivity index (χ3v) is 10.3. The van der Waals surface area contributed by atoms with Crippen LogP contribution < -0.4 is 15.9 Å². The highest BCUT2D eigenvalue weighted by Crippen LogP contribution is 2.52. The van der Waals surface area contributed by atoms with Crippen LogP contribution in [0.1, 0.15) is 94.5 Å². The first-order chi connectivity index (χ1) is 25.7. The van der Waals surface area contributed by atoms with E-state index in [-0.39, 0.29) is 53.1 Å². The minimum atomic E-state index is -2.16. The number of rotatable bonds is 12. The smallest absolute Gasteiger partial charge is 0.253 e. The van der Waals surface area contributed by atoms with Gasteiger partial charge in [-0.2, -0.15) is 5.10 Å². The second-order valence-electron chi connectivity index (χ2n) is 13.8. The molecule has 0 bridgehead atoms. The van der Waals surface area contributed by atoms with E-state index in [0.29, 0.717) is 19.3 Å². The van der Waals surface area contributed by atoms with Crippen molar-refractivity contribution >= 4 is 35.0 Å². The Bertz CT molecular complexity index is 1930. The van der Waals surface area contributed by atoms with Gasteiger partial charge in [-0.05, 0) is 25.8 Å².